The molecule has 0 bridgehead atoms. The van der Waals surface area contributed by atoms with E-state index in [1.165, 1.54) is 12.1 Å². The fourth-order valence-electron chi connectivity index (χ4n) is 2.17. The van der Waals surface area contributed by atoms with Crippen molar-refractivity contribution in [2.45, 2.75) is 31.9 Å². The van der Waals surface area contributed by atoms with Crippen LogP contribution in [0.3, 0.4) is 0 Å². The van der Waals surface area contributed by atoms with E-state index in [4.69, 9.17) is 16.0 Å². The molecule has 0 aromatic heterocycles. The SMILES string of the molecule is C[C@@H](N)c1cc(F)cc2c1OC(CCN=[N+]=[N-])C2. The van der Waals surface area contributed by atoms with Gasteiger partial charge in [0.2, 0.25) is 0 Å². The number of halogens is 1. The molecule has 5 nitrogen and oxygen atoms in total. The van der Waals surface area contributed by atoms with Crippen molar-refractivity contribution in [1.29, 1.82) is 0 Å². The van der Waals surface area contributed by atoms with Crippen LogP contribution < -0.4 is 10.5 Å². The smallest absolute Gasteiger partial charge is 0.128 e. The second-order valence-electron chi connectivity index (χ2n) is 4.46. The molecule has 6 heteroatoms. The average molecular weight is 250 g/mol. The lowest BCUT2D eigenvalue weighted by Gasteiger charge is -2.13. The number of nitrogens with two attached hydrogens (primary N) is 1. The van der Waals surface area contributed by atoms with Crippen LogP contribution in [-0.4, -0.2) is 12.6 Å². The molecular weight excluding hydrogens is 235 g/mol. The third kappa shape index (κ3) is 2.55. The third-order valence-electron chi connectivity index (χ3n) is 3.00. The third-order valence-corrected chi connectivity index (χ3v) is 3.00. The largest absolute Gasteiger partial charge is 0.489 e. The summed E-state index contributed by atoms with van der Waals surface area (Å²) in [5.41, 5.74) is 15.6. The molecule has 96 valence electrons. The standard InChI is InChI=1S/C12H15FN4O/c1-7(14)11-6-9(13)4-8-5-10(18-12(8)11)2-3-16-17-15/h4,6-7,10H,2-3,5,14H2,1H3/t7-,10?/m1/s1. The highest BCUT2D eigenvalue weighted by molar-refractivity contribution is 5.46. The van der Waals surface area contributed by atoms with Gasteiger partial charge in [0, 0.05) is 35.0 Å². The number of benzene rings is 1. The Balaban J connectivity index is 2.18. The maximum Gasteiger partial charge on any atom is 0.128 e. The molecule has 1 heterocycles. The molecule has 0 fully saturated rings. The fraction of sp³-hybridized carbons (Fsp3) is 0.500. The van der Waals surface area contributed by atoms with E-state index >= 15 is 0 Å². The van der Waals surface area contributed by atoms with Gasteiger partial charge >= 0.3 is 0 Å². The number of hydrogen-bond donors (Lipinski definition) is 1. The highest BCUT2D eigenvalue weighted by atomic mass is 19.1. The molecule has 0 spiro atoms. The Morgan fingerprint density at radius 2 is 2.44 bits per heavy atom. The molecule has 1 aliphatic rings. The number of fused-ring (bicyclic) bond motifs is 1. The Labute approximate surface area is 104 Å². The van der Waals surface area contributed by atoms with Gasteiger partial charge in [0.15, 0.2) is 0 Å². The van der Waals surface area contributed by atoms with E-state index in [1.807, 2.05) is 0 Å². The summed E-state index contributed by atoms with van der Waals surface area (Å²) in [6.07, 6.45) is 1.19. The first-order valence-electron chi connectivity index (χ1n) is 5.87. The van der Waals surface area contributed by atoms with Gasteiger partial charge in [-0.3, -0.25) is 0 Å². The van der Waals surface area contributed by atoms with Gasteiger partial charge in [0.25, 0.3) is 0 Å². The quantitative estimate of drug-likeness (QED) is 0.506. The van der Waals surface area contributed by atoms with E-state index in [-0.39, 0.29) is 18.0 Å². The van der Waals surface area contributed by atoms with E-state index in [0.717, 1.165) is 5.56 Å². The number of hydrogen-bond acceptors (Lipinski definition) is 3. The lowest BCUT2D eigenvalue weighted by Crippen LogP contribution is -2.14. The van der Waals surface area contributed by atoms with Crippen molar-refractivity contribution in [3.8, 4) is 5.75 Å². The Kier molecular flexibility index (Phi) is 3.69. The minimum atomic E-state index is -0.291. The van der Waals surface area contributed by atoms with Crippen molar-refractivity contribution in [1.82, 2.24) is 0 Å². The van der Waals surface area contributed by atoms with Crippen molar-refractivity contribution < 1.29 is 9.13 Å². The molecule has 2 rings (SSSR count). The summed E-state index contributed by atoms with van der Waals surface area (Å²) >= 11 is 0. The van der Waals surface area contributed by atoms with Crippen LogP contribution in [0.5, 0.6) is 5.75 Å². The van der Waals surface area contributed by atoms with Crippen molar-refractivity contribution in [3.63, 3.8) is 0 Å². The van der Waals surface area contributed by atoms with Gasteiger partial charge in [0.1, 0.15) is 17.7 Å². The molecule has 0 amide bonds. The van der Waals surface area contributed by atoms with Gasteiger partial charge in [-0.05, 0) is 31.0 Å². The molecule has 0 saturated heterocycles. The van der Waals surface area contributed by atoms with Gasteiger partial charge in [-0.2, -0.15) is 0 Å². The van der Waals surface area contributed by atoms with Crippen LogP contribution in [0.1, 0.15) is 30.5 Å². The molecule has 0 saturated carbocycles. The molecule has 2 N–H and O–H groups in total. The van der Waals surface area contributed by atoms with Crippen LogP contribution in [0.15, 0.2) is 17.2 Å². The summed E-state index contributed by atoms with van der Waals surface area (Å²) in [6, 6.07) is 2.62. The van der Waals surface area contributed by atoms with Gasteiger partial charge in [-0.25, -0.2) is 4.39 Å². The maximum absolute atomic E-state index is 13.4. The molecule has 1 unspecified atom stereocenters. The average Bonchev–Trinajstić information content (AvgIpc) is 2.70. The van der Waals surface area contributed by atoms with Gasteiger partial charge < -0.3 is 10.5 Å². The predicted molar refractivity (Wildman–Crippen MR) is 65.8 cm³/mol. The van der Waals surface area contributed by atoms with E-state index in [9.17, 15) is 4.39 Å². The number of nitrogens with zero attached hydrogens (tertiary/aromatic N) is 3. The van der Waals surface area contributed by atoms with Crippen molar-refractivity contribution >= 4 is 0 Å². The van der Waals surface area contributed by atoms with Crippen molar-refractivity contribution in [2.75, 3.05) is 6.54 Å². The van der Waals surface area contributed by atoms with E-state index in [0.29, 0.717) is 30.7 Å². The van der Waals surface area contributed by atoms with Crippen LogP contribution in [-0.2, 0) is 6.42 Å². The molecule has 18 heavy (non-hydrogen) atoms. The minimum Gasteiger partial charge on any atom is -0.489 e. The zero-order chi connectivity index (χ0) is 13.1. The zero-order valence-corrected chi connectivity index (χ0v) is 10.1. The predicted octanol–water partition coefficient (Wildman–Crippen LogP) is 2.85. The first-order chi connectivity index (χ1) is 8.61. The van der Waals surface area contributed by atoms with Crippen LogP contribution in [0.25, 0.3) is 10.4 Å². The summed E-state index contributed by atoms with van der Waals surface area (Å²) in [7, 11) is 0. The van der Waals surface area contributed by atoms with E-state index < -0.39 is 0 Å². The lowest BCUT2D eigenvalue weighted by molar-refractivity contribution is 0.222. The Morgan fingerprint density at radius 3 is 3.11 bits per heavy atom. The minimum absolute atomic E-state index is 0.0650. The zero-order valence-electron chi connectivity index (χ0n) is 10.1. The highest BCUT2D eigenvalue weighted by Crippen LogP contribution is 2.36. The lowest BCUT2D eigenvalue weighted by atomic mass is 10.0. The molecule has 0 aliphatic carbocycles. The van der Waals surface area contributed by atoms with Crippen LogP contribution in [0.4, 0.5) is 4.39 Å². The van der Waals surface area contributed by atoms with Gasteiger partial charge in [-0.15, -0.1) is 0 Å². The Morgan fingerprint density at radius 1 is 1.67 bits per heavy atom. The second kappa shape index (κ2) is 5.25. The van der Waals surface area contributed by atoms with Crippen LogP contribution in [0, 0.1) is 5.82 Å². The Bertz CT molecular complexity index is 497. The number of ether oxygens (including phenoxy) is 1. The highest BCUT2D eigenvalue weighted by Gasteiger charge is 2.26. The van der Waals surface area contributed by atoms with E-state index in [2.05, 4.69) is 10.0 Å². The van der Waals surface area contributed by atoms with Crippen molar-refractivity contribution in [2.24, 2.45) is 10.8 Å². The molecule has 1 aromatic carbocycles. The first kappa shape index (κ1) is 12.7. The summed E-state index contributed by atoms with van der Waals surface area (Å²) in [6.45, 7) is 2.18. The van der Waals surface area contributed by atoms with Gasteiger partial charge in [0.05, 0.1) is 0 Å². The van der Waals surface area contributed by atoms with Gasteiger partial charge in [-0.1, -0.05) is 5.11 Å². The monoisotopic (exact) mass is 250 g/mol. The maximum atomic E-state index is 13.4. The molecule has 2 atom stereocenters. The number of rotatable bonds is 4. The second-order valence-corrected chi connectivity index (χ2v) is 4.46. The first-order valence-corrected chi connectivity index (χ1v) is 5.87. The topological polar surface area (TPSA) is 84.0 Å². The molecule has 1 aromatic rings. The molecule has 0 radical (unpaired) electrons. The summed E-state index contributed by atoms with van der Waals surface area (Å²) in [5.74, 6) is 0.401. The molecular formula is C12H15FN4O. The molecule has 1 aliphatic heterocycles. The number of azide groups is 1. The fourth-order valence-corrected chi connectivity index (χ4v) is 2.17. The van der Waals surface area contributed by atoms with Crippen LogP contribution in [0.2, 0.25) is 0 Å². The van der Waals surface area contributed by atoms with Crippen LogP contribution >= 0.6 is 0 Å². The summed E-state index contributed by atoms with van der Waals surface area (Å²) in [5, 5.41) is 3.47. The summed E-state index contributed by atoms with van der Waals surface area (Å²) in [4.78, 5) is 2.70. The normalized spacial score (nSPS) is 18.7. The van der Waals surface area contributed by atoms with E-state index in [1.54, 1.807) is 6.92 Å². The Hall–Kier alpha value is -1.78. The summed E-state index contributed by atoms with van der Waals surface area (Å²) < 4.78 is 19.2. The van der Waals surface area contributed by atoms with Crippen molar-refractivity contribution in [3.05, 3.63) is 39.5 Å².